The Morgan fingerprint density at radius 2 is 2.23 bits per heavy atom. The van der Waals surface area contributed by atoms with E-state index in [0.29, 0.717) is 12.5 Å². The van der Waals surface area contributed by atoms with Crippen LogP contribution >= 0.6 is 39.7 Å². The van der Waals surface area contributed by atoms with Gasteiger partial charge in [-0.1, -0.05) is 0 Å². The maximum atomic E-state index is 11.9. The van der Waals surface area contributed by atoms with Crippen LogP contribution < -0.4 is 15.4 Å². The quantitative estimate of drug-likeness (QED) is 0.606. The predicted octanol–water partition coefficient (Wildman–Crippen LogP) is 1.33. The Labute approximate surface area is 149 Å². The van der Waals surface area contributed by atoms with E-state index in [1.54, 1.807) is 6.07 Å². The number of rotatable bonds is 7. The molecule has 0 aliphatic carbocycles. The van der Waals surface area contributed by atoms with Gasteiger partial charge in [0.25, 0.3) is 10.0 Å². The molecule has 0 spiro atoms. The van der Waals surface area contributed by atoms with Gasteiger partial charge in [0.1, 0.15) is 4.21 Å². The van der Waals surface area contributed by atoms with Crippen LogP contribution in [0.5, 0.6) is 0 Å². The highest BCUT2D eigenvalue weighted by Gasteiger charge is 2.18. The van der Waals surface area contributed by atoms with E-state index < -0.39 is 10.0 Å². The minimum atomic E-state index is -3.61. The van der Waals surface area contributed by atoms with Gasteiger partial charge in [-0.2, -0.15) is 0 Å². The van der Waals surface area contributed by atoms with E-state index in [1.165, 1.54) is 6.07 Å². The Bertz CT molecular complexity index is 588. The van der Waals surface area contributed by atoms with Crippen molar-refractivity contribution in [2.24, 2.45) is 5.92 Å². The molecule has 1 unspecified atom stereocenters. The van der Waals surface area contributed by atoms with Gasteiger partial charge in [-0.3, -0.25) is 4.79 Å². The summed E-state index contributed by atoms with van der Waals surface area (Å²) in [4.78, 5) is 11.6. The molecule has 1 aromatic rings. The van der Waals surface area contributed by atoms with Crippen LogP contribution in [0.2, 0.25) is 0 Å². The molecule has 0 radical (unpaired) electrons. The van der Waals surface area contributed by atoms with Crippen molar-refractivity contribution < 1.29 is 13.2 Å². The molecule has 1 aliphatic heterocycles. The van der Waals surface area contributed by atoms with Gasteiger partial charge in [0.15, 0.2) is 0 Å². The largest absolute Gasteiger partial charge is 0.355 e. The summed E-state index contributed by atoms with van der Waals surface area (Å²) in [7, 11) is -3.61. The molecule has 1 amide bonds. The van der Waals surface area contributed by atoms with E-state index in [0.717, 1.165) is 41.1 Å². The summed E-state index contributed by atoms with van der Waals surface area (Å²) in [5.41, 5.74) is 0. The standard InChI is InChI=1S/C12H18BrN3O3S2.ClH/c13-10-1-2-12(20-10)21(18,19)16-8-11(17)15-6-4-9-3-5-14-7-9;/h1-2,9,14,16H,3-8H2,(H,15,17);1H. The second-order valence-corrected chi connectivity index (χ2v) is 9.34. The number of hydrogen-bond donors (Lipinski definition) is 3. The zero-order valence-corrected chi connectivity index (χ0v) is 15.8. The Balaban J connectivity index is 0.00000242. The molecule has 0 aromatic carbocycles. The first-order chi connectivity index (χ1) is 9.97. The van der Waals surface area contributed by atoms with Crippen molar-refractivity contribution in [3.05, 3.63) is 15.9 Å². The van der Waals surface area contributed by atoms with Crippen LogP contribution in [-0.4, -0.2) is 40.5 Å². The van der Waals surface area contributed by atoms with Gasteiger partial charge < -0.3 is 10.6 Å². The van der Waals surface area contributed by atoms with Gasteiger partial charge >= 0.3 is 0 Å². The van der Waals surface area contributed by atoms with Crippen molar-refractivity contribution in [2.45, 2.75) is 17.1 Å². The minimum absolute atomic E-state index is 0. The molecule has 126 valence electrons. The highest BCUT2D eigenvalue weighted by Crippen LogP contribution is 2.25. The summed E-state index contributed by atoms with van der Waals surface area (Å²) < 4.78 is 27.1. The Kier molecular flexibility index (Phi) is 8.29. The number of carbonyl (C=O) groups excluding carboxylic acids is 1. The first kappa shape index (κ1) is 19.9. The Morgan fingerprint density at radius 1 is 1.45 bits per heavy atom. The van der Waals surface area contributed by atoms with Gasteiger partial charge in [0.2, 0.25) is 5.91 Å². The molecular formula is C12H19BrClN3O3S2. The minimum Gasteiger partial charge on any atom is -0.355 e. The lowest BCUT2D eigenvalue weighted by atomic mass is 10.1. The van der Waals surface area contributed by atoms with Crippen molar-refractivity contribution >= 4 is 55.6 Å². The number of thiophene rings is 1. The number of amides is 1. The number of sulfonamides is 1. The van der Waals surface area contributed by atoms with Crippen molar-refractivity contribution in [3.63, 3.8) is 0 Å². The molecule has 2 heterocycles. The van der Waals surface area contributed by atoms with Crippen molar-refractivity contribution in [3.8, 4) is 0 Å². The summed E-state index contributed by atoms with van der Waals surface area (Å²) in [6.45, 7) is 2.38. The highest BCUT2D eigenvalue weighted by atomic mass is 79.9. The van der Waals surface area contributed by atoms with E-state index >= 15 is 0 Å². The number of halogens is 2. The molecule has 2 rings (SSSR count). The third-order valence-corrected chi connectivity index (χ3v) is 6.79. The van der Waals surface area contributed by atoms with Gasteiger partial charge in [-0.05, 0) is 59.9 Å². The second kappa shape index (κ2) is 9.19. The van der Waals surface area contributed by atoms with E-state index in [4.69, 9.17) is 0 Å². The molecular weight excluding hydrogens is 414 g/mol. The maximum Gasteiger partial charge on any atom is 0.250 e. The van der Waals surface area contributed by atoms with E-state index in [9.17, 15) is 13.2 Å². The second-order valence-electron chi connectivity index (χ2n) is 4.88. The summed E-state index contributed by atoms with van der Waals surface area (Å²) in [6.07, 6.45) is 2.05. The fourth-order valence-corrected chi connectivity index (χ4v) is 5.15. The average molecular weight is 433 g/mol. The highest BCUT2D eigenvalue weighted by molar-refractivity contribution is 9.11. The summed E-state index contributed by atoms with van der Waals surface area (Å²) in [5.74, 6) is 0.297. The first-order valence-corrected chi connectivity index (χ1v) is 9.79. The first-order valence-electron chi connectivity index (χ1n) is 6.70. The van der Waals surface area contributed by atoms with Gasteiger partial charge in [-0.15, -0.1) is 23.7 Å². The van der Waals surface area contributed by atoms with Crippen molar-refractivity contribution in [1.29, 1.82) is 0 Å². The van der Waals surface area contributed by atoms with Gasteiger partial charge in [0.05, 0.1) is 10.3 Å². The van der Waals surface area contributed by atoms with Crippen LogP contribution in [0.4, 0.5) is 0 Å². The monoisotopic (exact) mass is 431 g/mol. The molecule has 0 bridgehead atoms. The van der Waals surface area contributed by atoms with Crippen molar-refractivity contribution in [2.75, 3.05) is 26.2 Å². The SMILES string of the molecule is Cl.O=C(CNS(=O)(=O)c1ccc(Br)s1)NCCC1CCNC1. The third kappa shape index (κ3) is 6.13. The third-order valence-electron chi connectivity index (χ3n) is 3.27. The normalized spacial score (nSPS) is 18.0. The number of carbonyl (C=O) groups is 1. The van der Waals surface area contributed by atoms with Crippen LogP contribution in [0.1, 0.15) is 12.8 Å². The van der Waals surface area contributed by atoms with Crippen LogP contribution in [0.3, 0.4) is 0 Å². The number of nitrogens with one attached hydrogen (secondary N) is 3. The van der Waals surface area contributed by atoms with E-state index in [-0.39, 0.29) is 29.1 Å². The predicted molar refractivity (Wildman–Crippen MR) is 93.1 cm³/mol. The average Bonchev–Trinajstić information content (AvgIpc) is 3.08. The molecule has 6 nitrogen and oxygen atoms in total. The molecule has 3 N–H and O–H groups in total. The molecule has 1 atom stereocenters. The van der Waals surface area contributed by atoms with E-state index in [2.05, 4.69) is 31.3 Å². The van der Waals surface area contributed by atoms with Crippen LogP contribution in [0.15, 0.2) is 20.1 Å². The smallest absolute Gasteiger partial charge is 0.250 e. The maximum absolute atomic E-state index is 11.9. The lowest BCUT2D eigenvalue weighted by molar-refractivity contribution is -0.120. The van der Waals surface area contributed by atoms with Crippen molar-refractivity contribution in [1.82, 2.24) is 15.4 Å². The molecule has 1 saturated heterocycles. The lowest BCUT2D eigenvalue weighted by Gasteiger charge is -2.09. The molecule has 1 aromatic heterocycles. The molecule has 1 aliphatic rings. The molecule has 10 heteroatoms. The number of hydrogen-bond acceptors (Lipinski definition) is 5. The summed E-state index contributed by atoms with van der Waals surface area (Å²) >= 11 is 4.32. The Hall–Kier alpha value is -0.190. The summed E-state index contributed by atoms with van der Waals surface area (Å²) in [5, 5.41) is 6.01. The molecule has 1 fully saturated rings. The van der Waals surface area contributed by atoms with Gasteiger partial charge in [0, 0.05) is 6.54 Å². The van der Waals surface area contributed by atoms with Crippen LogP contribution in [-0.2, 0) is 14.8 Å². The fraction of sp³-hybridized carbons (Fsp3) is 0.583. The van der Waals surface area contributed by atoms with Gasteiger partial charge in [-0.25, -0.2) is 13.1 Å². The zero-order chi connectivity index (χ0) is 15.3. The zero-order valence-electron chi connectivity index (χ0n) is 11.8. The van der Waals surface area contributed by atoms with Crippen LogP contribution in [0.25, 0.3) is 0 Å². The van der Waals surface area contributed by atoms with Crippen LogP contribution in [0, 0.1) is 5.92 Å². The lowest BCUT2D eigenvalue weighted by Crippen LogP contribution is -2.37. The topological polar surface area (TPSA) is 87.3 Å². The molecule has 22 heavy (non-hydrogen) atoms. The molecule has 0 saturated carbocycles. The summed E-state index contributed by atoms with van der Waals surface area (Å²) in [6, 6.07) is 3.16. The fourth-order valence-electron chi connectivity index (χ4n) is 2.11. The Morgan fingerprint density at radius 3 is 2.82 bits per heavy atom. The van der Waals surface area contributed by atoms with E-state index in [1.807, 2.05) is 0 Å².